The number of methoxy groups -OCH3 is 1. The molecule has 0 aliphatic heterocycles. The van der Waals surface area contributed by atoms with Crippen molar-refractivity contribution in [1.29, 1.82) is 0 Å². The first kappa shape index (κ1) is 14.5. The first-order valence-corrected chi connectivity index (χ1v) is 7.12. The van der Waals surface area contributed by atoms with E-state index in [1.165, 1.54) is 12.1 Å². The molecule has 1 amide bonds. The van der Waals surface area contributed by atoms with Crippen LogP contribution in [0.4, 0.5) is 4.39 Å². The maximum Gasteiger partial charge on any atom is 0.226 e. The standard InChI is InChI=1S/C14H17BrFNO2/c1-19-5-4-17(14(18)11-2-3-11)9-10-6-12(15)8-13(16)7-10/h6-8,11H,2-5,9H2,1H3. The highest BCUT2D eigenvalue weighted by atomic mass is 79.9. The van der Waals surface area contributed by atoms with Crippen LogP contribution in [0.1, 0.15) is 18.4 Å². The lowest BCUT2D eigenvalue weighted by Crippen LogP contribution is -2.34. The number of benzene rings is 1. The molecular formula is C14H17BrFNO2. The van der Waals surface area contributed by atoms with Gasteiger partial charge in [0.1, 0.15) is 5.82 Å². The summed E-state index contributed by atoms with van der Waals surface area (Å²) < 4.78 is 19.1. The van der Waals surface area contributed by atoms with E-state index in [1.807, 2.05) is 6.07 Å². The van der Waals surface area contributed by atoms with Crippen LogP contribution in [0, 0.1) is 11.7 Å². The van der Waals surface area contributed by atoms with Gasteiger partial charge in [0.05, 0.1) is 6.61 Å². The highest BCUT2D eigenvalue weighted by molar-refractivity contribution is 9.10. The van der Waals surface area contributed by atoms with Crippen molar-refractivity contribution in [1.82, 2.24) is 4.90 Å². The predicted octanol–water partition coefficient (Wildman–Crippen LogP) is 2.97. The number of hydrogen-bond acceptors (Lipinski definition) is 2. The van der Waals surface area contributed by atoms with E-state index in [4.69, 9.17) is 4.74 Å². The molecule has 0 unspecified atom stereocenters. The minimum atomic E-state index is -0.296. The van der Waals surface area contributed by atoms with E-state index in [9.17, 15) is 9.18 Å². The normalized spacial score (nSPS) is 14.5. The highest BCUT2D eigenvalue weighted by Crippen LogP contribution is 2.31. The quantitative estimate of drug-likeness (QED) is 0.803. The zero-order valence-electron chi connectivity index (χ0n) is 10.9. The Morgan fingerprint density at radius 2 is 2.21 bits per heavy atom. The van der Waals surface area contributed by atoms with E-state index in [-0.39, 0.29) is 17.6 Å². The molecule has 1 fully saturated rings. The second-order valence-electron chi connectivity index (χ2n) is 4.80. The van der Waals surface area contributed by atoms with Crippen LogP contribution in [0.5, 0.6) is 0 Å². The van der Waals surface area contributed by atoms with Crippen LogP contribution in [0.3, 0.4) is 0 Å². The van der Waals surface area contributed by atoms with Crippen LogP contribution in [-0.4, -0.2) is 31.1 Å². The molecule has 0 saturated heterocycles. The summed E-state index contributed by atoms with van der Waals surface area (Å²) in [5, 5.41) is 0. The van der Waals surface area contributed by atoms with Gasteiger partial charge in [-0.3, -0.25) is 4.79 Å². The van der Waals surface area contributed by atoms with E-state index in [0.717, 1.165) is 18.4 Å². The molecule has 104 valence electrons. The van der Waals surface area contributed by atoms with E-state index < -0.39 is 0 Å². The van der Waals surface area contributed by atoms with Crippen molar-refractivity contribution in [2.75, 3.05) is 20.3 Å². The van der Waals surface area contributed by atoms with Crippen LogP contribution >= 0.6 is 15.9 Å². The second-order valence-corrected chi connectivity index (χ2v) is 5.72. The molecule has 3 nitrogen and oxygen atoms in total. The van der Waals surface area contributed by atoms with Crippen molar-refractivity contribution in [3.63, 3.8) is 0 Å². The molecule has 5 heteroatoms. The Hall–Kier alpha value is -0.940. The van der Waals surface area contributed by atoms with Gasteiger partial charge in [-0.15, -0.1) is 0 Å². The summed E-state index contributed by atoms with van der Waals surface area (Å²) in [6.45, 7) is 1.46. The summed E-state index contributed by atoms with van der Waals surface area (Å²) >= 11 is 3.27. The van der Waals surface area contributed by atoms with Crippen LogP contribution in [-0.2, 0) is 16.1 Å². The largest absolute Gasteiger partial charge is 0.383 e. The lowest BCUT2D eigenvalue weighted by atomic mass is 10.2. The molecule has 1 aliphatic carbocycles. The van der Waals surface area contributed by atoms with Gasteiger partial charge in [-0.1, -0.05) is 15.9 Å². The van der Waals surface area contributed by atoms with Crippen molar-refractivity contribution >= 4 is 21.8 Å². The Morgan fingerprint density at radius 3 is 2.79 bits per heavy atom. The third-order valence-corrected chi connectivity index (χ3v) is 3.56. The first-order valence-electron chi connectivity index (χ1n) is 6.33. The molecule has 19 heavy (non-hydrogen) atoms. The smallest absolute Gasteiger partial charge is 0.226 e. The number of halogens is 2. The lowest BCUT2D eigenvalue weighted by molar-refractivity contribution is -0.133. The second kappa shape index (κ2) is 6.48. The fraction of sp³-hybridized carbons (Fsp3) is 0.500. The maximum absolute atomic E-state index is 13.3. The third kappa shape index (κ3) is 4.28. The van der Waals surface area contributed by atoms with Gasteiger partial charge in [0.15, 0.2) is 0 Å². The summed E-state index contributed by atoms with van der Waals surface area (Å²) in [6.07, 6.45) is 1.93. The topological polar surface area (TPSA) is 29.5 Å². The minimum absolute atomic E-state index is 0.150. The summed E-state index contributed by atoms with van der Waals surface area (Å²) in [7, 11) is 1.61. The summed E-state index contributed by atoms with van der Waals surface area (Å²) in [5.41, 5.74) is 0.789. The molecule has 1 aromatic carbocycles. The molecule has 1 aliphatic rings. The number of ether oxygens (including phenoxy) is 1. The average Bonchev–Trinajstić information content (AvgIpc) is 3.16. The van der Waals surface area contributed by atoms with Crippen LogP contribution in [0.25, 0.3) is 0 Å². The Bertz CT molecular complexity index is 443. The molecule has 0 heterocycles. The molecule has 0 radical (unpaired) electrons. The third-order valence-electron chi connectivity index (χ3n) is 3.10. The van der Waals surface area contributed by atoms with Crippen LogP contribution in [0.15, 0.2) is 22.7 Å². The first-order chi connectivity index (χ1) is 9.10. The van der Waals surface area contributed by atoms with Gasteiger partial charge in [0.25, 0.3) is 0 Å². The van der Waals surface area contributed by atoms with Gasteiger partial charge in [-0.25, -0.2) is 4.39 Å². The van der Waals surface area contributed by atoms with Crippen LogP contribution < -0.4 is 0 Å². The van der Waals surface area contributed by atoms with E-state index in [1.54, 1.807) is 12.0 Å². The maximum atomic E-state index is 13.3. The Kier molecular flexibility index (Phi) is 4.93. The zero-order valence-corrected chi connectivity index (χ0v) is 12.5. The predicted molar refractivity (Wildman–Crippen MR) is 74.1 cm³/mol. The van der Waals surface area contributed by atoms with Gasteiger partial charge in [0, 0.05) is 30.6 Å². The Morgan fingerprint density at radius 1 is 1.47 bits per heavy atom. The molecule has 0 aromatic heterocycles. The van der Waals surface area contributed by atoms with Gasteiger partial charge < -0.3 is 9.64 Å². The van der Waals surface area contributed by atoms with E-state index in [2.05, 4.69) is 15.9 Å². The van der Waals surface area contributed by atoms with Crippen molar-refractivity contribution in [2.24, 2.45) is 5.92 Å². The number of rotatable bonds is 6. The van der Waals surface area contributed by atoms with Crippen molar-refractivity contribution in [3.8, 4) is 0 Å². The minimum Gasteiger partial charge on any atom is -0.383 e. The number of carbonyl (C=O) groups excluding carboxylic acids is 1. The molecule has 0 N–H and O–H groups in total. The van der Waals surface area contributed by atoms with Crippen LogP contribution in [0.2, 0.25) is 0 Å². The van der Waals surface area contributed by atoms with Crippen molar-refractivity contribution in [2.45, 2.75) is 19.4 Å². The Balaban J connectivity index is 2.07. The van der Waals surface area contributed by atoms with E-state index in [0.29, 0.717) is 24.2 Å². The van der Waals surface area contributed by atoms with Gasteiger partial charge >= 0.3 is 0 Å². The average molecular weight is 330 g/mol. The van der Waals surface area contributed by atoms with E-state index >= 15 is 0 Å². The molecule has 2 rings (SSSR count). The fourth-order valence-corrected chi connectivity index (χ4v) is 2.49. The van der Waals surface area contributed by atoms with Crippen molar-refractivity contribution in [3.05, 3.63) is 34.1 Å². The zero-order chi connectivity index (χ0) is 13.8. The number of carbonyl (C=O) groups is 1. The molecule has 0 atom stereocenters. The molecule has 0 bridgehead atoms. The fourth-order valence-electron chi connectivity index (χ4n) is 1.98. The van der Waals surface area contributed by atoms with Gasteiger partial charge in [-0.2, -0.15) is 0 Å². The lowest BCUT2D eigenvalue weighted by Gasteiger charge is -2.22. The summed E-state index contributed by atoms with van der Waals surface area (Å²) in [4.78, 5) is 13.9. The number of hydrogen-bond donors (Lipinski definition) is 0. The molecule has 1 aromatic rings. The molecular weight excluding hydrogens is 313 g/mol. The Labute approximate surface area is 120 Å². The highest BCUT2D eigenvalue weighted by Gasteiger charge is 2.33. The molecule has 1 saturated carbocycles. The molecule has 0 spiro atoms. The number of nitrogens with zero attached hydrogens (tertiary/aromatic N) is 1. The summed E-state index contributed by atoms with van der Waals surface area (Å²) in [6, 6.07) is 4.71. The van der Waals surface area contributed by atoms with Gasteiger partial charge in [-0.05, 0) is 36.6 Å². The number of amides is 1. The van der Waals surface area contributed by atoms with Gasteiger partial charge in [0.2, 0.25) is 5.91 Å². The van der Waals surface area contributed by atoms with Crippen molar-refractivity contribution < 1.29 is 13.9 Å². The SMILES string of the molecule is COCCN(Cc1cc(F)cc(Br)c1)C(=O)C1CC1. The summed E-state index contributed by atoms with van der Waals surface area (Å²) in [5.74, 6) is 0.0150. The monoisotopic (exact) mass is 329 g/mol.